The highest BCUT2D eigenvalue weighted by atomic mass is 35.5. The van der Waals surface area contributed by atoms with Gasteiger partial charge in [0.05, 0.1) is 28.6 Å². The first kappa shape index (κ1) is 24.8. The molecule has 3 aromatic rings. The maximum absolute atomic E-state index is 12.9. The fraction of sp³-hybridized carbons (Fsp3) is 0.269. The van der Waals surface area contributed by atoms with Crippen LogP contribution in [0.5, 0.6) is 11.5 Å². The van der Waals surface area contributed by atoms with Gasteiger partial charge in [-0.25, -0.2) is 0 Å². The zero-order valence-corrected chi connectivity index (χ0v) is 21.1. The Kier molecular flexibility index (Phi) is 7.48. The fourth-order valence-electron chi connectivity index (χ4n) is 3.74. The molecule has 4 rings (SSSR count). The van der Waals surface area contributed by atoms with Crippen molar-refractivity contribution < 1.29 is 19.1 Å². The maximum Gasteiger partial charge on any atom is 0.255 e. The number of amides is 1. The summed E-state index contributed by atoms with van der Waals surface area (Å²) < 4.78 is 11.5. The molecule has 0 aliphatic carbocycles. The molecular weight excluding hydrogens is 489 g/mol. The molecule has 182 valence electrons. The van der Waals surface area contributed by atoms with E-state index in [0.29, 0.717) is 23.5 Å². The Morgan fingerprint density at radius 2 is 1.86 bits per heavy atom. The van der Waals surface area contributed by atoms with E-state index < -0.39 is 11.5 Å². The van der Waals surface area contributed by atoms with Crippen molar-refractivity contribution >= 4 is 40.5 Å². The predicted octanol–water partition coefficient (Wildman–Crippen LogP) is 6.37. The van der Waals surface area contributed by atoms with Crippen molar-refractivity contribution in [1.82, 2.24) is 4.98 Å². The summed E-state index contributed by atoms with van der Waals surface area (Å²) in [6, 6.07) is 15.1. The second kappa shape index (κ2) is 10.5. The summed E-state index contributed by atoms with van der Waals surface area (Å²) in [6.45, 7) is 4.26. The van der Waals surface area contributed by atoms with Crippen LogP contribution in [0.15, 0.2) is 66.1 Å². The molecule has 2 heterocycles. The van der Waals surface area contributed by atoms with Crippen LogP contribution < -0.4 is 14.8 Å². The van der Waals surface area contributed by atoms with Gasteiger partial charge in [-0.05, 0) is 30.7 Å². The van der Waals surface area contributed by atoms with Gasteiger partial charge in [-0.1, -0.05) is 65.6 Å². The number of carbonyl (C=O) groups excluding carboxylic acids is 1. The number of aromatic nitrogens is 1. The summed E-state index contributed by atoms with van der Waals surface area (Å²) in [4.78, 5) is 22.5. The number of ether oxygens (including phenoxy) is 2. The van der Waals surface area contributed by atoms with Crippen molar-refractivity contribution in [1.29, 1.82) is 0 Å². The SMILES string of the molecule is COc1ccc(C(=O)Nc2c(Cl)cncc2Cl)cc1OCC1(C)CC(C(C)c2ccccc2)=NO1. The average molecular weight is 514 g/mol. The van der Waals surface area contributed by atoms with Gasteiger partial charge in [-0.2, -0.15) is 0 Å². The minimum Gasteiger partial charge on any atom is -0.493 e. The Balaban J connectivity index is 1.45. The second-order valence-corrected chi connectivity index (χ2v) is 9.33. The van der Waals surface area contributed by atoms with Gasteiger partial charge < -0.3 is 19.6 Å². The monoisotopic (exact) mass is 513 g/mol. The van der Waals surface area contributed by atoms with E-state index in [1.807, 2.05) is 25.1 Å². The van der Waals surface area contributed by atoms with Gasteiger partial charge in [0.1, 0.15) is 6.61 Å². The van der Waals surface area contributed by atoms with Crippen molar-refractivity contribution in [3.8, 4) is 11.5 Å². The topological polar surface area (TPSA) is 82.0 Å². The molecule has 0 fully saturated rings. The minimum atomic E-state index is -0.653. The number of rotatable bonds is 8. The van der Waals surface area contributed by atoms with Gasteiger partial charge in [0.25, 0.3) is 5.91 Å². The number of benzene rings is 2. The molecule has 1 aliphatic heterocycles. The summed E-state index contributed by atoms with van der Waals surface area (Å²) in [7, 11) is 1.54. The van der Waals surface area contributed by atoms with E-state index in [9.17, 15) is 4.79 Å². The number of nitrogens with one attached hydrogen (secondary N) is 1. The van der Waals surface area contributed by atoms with Gasteiger partial charge in [0, 0.05) is 30.3 Å². The molecule has 1 N–H and O–H groups in total. The molecule has 2 atom stereocenters. The smallest absolute Gasteiger partial charge is 0.255 e. The summed E-state index contributed by atoms with van der Waals surface area (Å²) in [5.41, 5.74) is 2.11. The van der Waals surface area contributed by atoms with Crippen LogP contribution in [0.2, 0.25) is 10.0 Å². The lowest BCUT2D eigenvalue weighted by Crippen LogP contribution is -2.33. The Labute approximate surface area is 214 Å². The standard InChI is InChI=1S/C26H25Cl2N3O4/c1-16(17-7-5-4-6-8-17)21-12-26(2,35-31-21)15-34-23-11-18(9-10-22(23)33-3)25(32)30-24-19(27)13-29-14-20(24)28/h4-11,13-14,16H,12,15H2,1-3H3,(H,29,30,32). The van der Waals surface area contributed by atoms with E-state index in [2.05, 4.69) is 34.5 Å². The van der Waals surface area contributed by atoms with Crippen LogP contribution in [0.3, 0.4) is 0 Å². The zero-order valence-electron chi connectivity index (χ0n) is 19.5. The molecule has 1 aromatic heterocycles. The molecule has 1 aliphatic rings. The third-order valence-corrected chi connectivity index (χ3v) is 6.36. The normalized spacial score (nSPS) is 17.8. The van der Waals surface area contributed by atoms with Crippen LogP contribution in [0.4, 0.5) is 5.69 Å². The van der Waals surface area contributed by atoms with Crippen LogP contribution >= 0.6 is 23.2 Å². The second-order valence-electron chi connectivity index (χ2n) is 8.52. The predicted molar refractivity (Wildman–Crippen MR) is 137 cm³/mol. The van der Waals surface area contributed by atoms with Gasteiger partial charge in [-0.3, -0.25) is 9.78 Å². The van der Waals surface area contributed by atoms with Crippen LogP contribution in [0, 0.1) is 0 Å². The molecule has 7 nitrogen and oxygen atoms in total. The Hall–Kier alpha value is -3.29. The van der Waals surface area contributed by atoms with Gasteiger partial charge >= 0.3 is 0 Å². The highest BCUT2D eigenvalue weighted by Gasteiger charge is 2.37. The summed E-state index contributed by atoms with van der Waals surface area (Å²) in [5.74, 6) is 0.618. The number of hydrogen-bond donors (Lipinski definition) is 1. The highest BCUT2D eigenvalue weighted by Crippen LogP contribution is 2.34. The van der Waals surface area contributed by atoms with E-state index in [1.165, 1.54) is 25.1 Å². The molecule has 9 heteroatoms. The summed E-state index contributed by atoms with van der Waals surface area (Å²) in [6.07, 6.45) is 3.43. The van der Waals surface area contributed by atoms with Crippen LogP contribution in [-0.4, -0.2) is 35.9 Å². The van der Waals surface area contributed by atoms with E-state index in [-0.39, 0.29) is 28.3 Å². The third-order valence-electron chi connectivity index (χ3n) is 5.79. The van der Waals surface area contributed by atoms with Crippen LogP contribution in [-0.2, 0) is 4.84 Å². The number of anilines is 1. The molecule has 1 amide bonds. The van der Waals surface area contributed by atoms with E-state index in [1.54, 1.807) is 18.2 Å². The van der Waals surface area contributed by atoms with Crippen molar-refractivity contribution in [2.75, 3.05) is 19.0 Å². The first-order valence-electron chi connectivity index (χ1n) is 11.0. The first-order chi connectivity index (χ1) is 16.8. The van der Waals surface area contributed by atoms with Crippen molar-refractivity contribution in [3.63, 3.8) is 0 Å². The van der Waals surface area contributed by atoms with Gasteiger partial charge in [-0.15, -0.1) is 0 Å². The number of methoxy groups -OCH3 is 1. The number of pyridine rings is 1. The summed E-state index contributed by atoms with van der Waals surface area (Å²) in [5, 5.41) is 7.53. The van der Waals surface area contributed by atoms with Gasteiger partial charge in [0.2, 0.25) is 0 Å². The van der Waals surface area contributed by atoms with Crippen molar-refractivity contribution in [2.45, 2.75) is 31.8 Å². The van der Waals surface area contributed by atoms with Crippen molar-refractivity contribution in [2.24, 2.45) is 5.16 Å². The lowest BCUT2D eigenvalue weighted by atomic mass is 9.89. The first-order valence-corrected chi connectivity index (χ1v) is 11.8. The van der Waals surface area contributed by atoms with Crippen molar-refractivity contribution in [3.05, 3.63) is 82.1 Å². The number of carbonyl (C=O) groups is 1. The molecular formula is C26H25Cl2N3O4. The lowest BCUT2D eigenvalue weighted by molar-refractivity contribution is -0.0361. The molecule has 0 radical (unpaired) electrons. The maximum atomic E-state index is 12.9. The van der Waals surface area contributed by atoms with Gasteiger partial charge in [0.15, 0.2) is 17.1 Å². The average Bonchev–Trinajstić information content (AvgIpc) is 3.27. The Bertz CT molecular complexity index is 1230. The van der Waals surface area contributed by atoms with E-state index >= 15 is 0 Å². The number of nitrogens with zero attached hydrogens (tertiary/aromatic N) is 2. The van der Waals surface area contributed by atoms with E-state index in [0.717, 1.165) is 5.71 Å². The molecule has 0 bridgehead atoms. The molecule has 2 unspecified atom stereocenters. The Morgan fingerprint density at radius 3 is 2.54 bits per heavy atom. The number of halogens is 2. The molecule has 0 saturated heterocycles. The number of oxime groups is 1. The van der Waals surface area contributed by atoms with E-state index in [4.69, 9.17) is 37.5 Å². The van der Waals surface area contributed by atoms with Crippen LogP contribution in [0.1, 0.15) is 42.1 Å². The zero-order chi connectivity index (χ0) is 25.0. The largest absolute Gasteiger partial charge is 0.493 e. The lowest BCUT2D eigenvalue weighted by Gasteiger charge is -2.23. The highest BCUT2D eigenvalue weighted by molar-refractivity contribution is 6.39. The molecule has 35 heavy (non-hydrogen) atoms. The van der Waals surface area contributed by atoms with Crippen LogP contribution in [0.25, 0.3) is 0 Å². The summed E-state index contributed by atoms with van der Waals surface area (Å²) >= 11 is 12.2. The molecule has 0 saturated carbocycles. The minimum absolute atomic E-state index is 0.131. The molecule has 0 spiro atoms. The fourth-order valence-corrected chi connectivity index (χ4v) is 4.20. The molecule has 2 aromatic carbocycles. The number of hydrogen-bond acceptors (Lipinski definition) is 6. The quantitative estimate of drug-likeness (QED) is 0.378. The Morgan fingerprint density at radius 1 is 1.14 bits per heavy atom. The third kappa shape index (κ3) is 5.69.